The predicted octanol–water partition coefficient (Wildman–Crippen LogP) is 1.50. The summed E-state index contributed by atoms with van der Waals surface area (Å²) in [6, 6.07) is 6.14. The van der Waals surface area contributed by atoms with Crippen LogP contribution in [0.3, 0.4) is 0 Å². The fourth-order valence-electron chi connectivity index (χ4n) is 1.81. The van der Waals surface area contributed by atoms with Crippen LogP contribution in [0.5, 0.6) is 11.5 Å². The van der Waals surface area contributed by atoms with E-state index in [-0.39, 0.29) is 21.3 Å². The van der Waals surface area contributed by atoms with E-state index in [1.54, 1.807) is 0 Å². The molecule has 0 saturated carbocycles. The molecule has 0 bridgehead atoms. The SMILES string of the molecule is CS(=O)(=O)c1ccc(OBOc2ccc(S(C)(=O)=O)cc2F)c(F)c1. The Morgan fingerprint density at radius 1 is 0.760 bits per heavy atom. The molecule has 0 heterocycles. The van der Waals surface area contributed by atoms with Gasteiger partial charge in [0.25, 0.3) is 0 Å². The van der Waals surface area contributed by atoms with Gasteiger partial charge in [-0.2, -0.15) is 0 Å². The smallest absolute Gasteiger partial charge is 0.526 e. The highest BCUT2D eigenvalue weighted by Crippen LogP contribution is 2.23. The molecule has 6 nitrogen and oxygen atoms in total. The molecule has 0 N–H and O–H groups in total. The molecule has 0 aromatic heterocycles. The molecule has 0 amide bonds. The van der Waals surface area contributed by atoms with Gasteiger partial charge in [0.1, 0.15) is 11.5 Å². The van der Waals surface area contributed by atoms with E-state index in [4.69, 9.17) is 9.31 Å². The average Bonchev–Trinajstić information content (AvgIpc) is 2.48. The van der Waals surface area contributed by atoms with Gasteiger partial charge in [0.05, 0.1) is 9.79 Å². The van der Waals surface area contributed by atoms with Gasteiger partial charge in [0.2, 0.25) is 0 Å². The van der Waals surface area contributed by atoms with Gasteiger partial charge in [0.15, 0.2) is 31.3 Å². The molecule has 0 atom stereocenters. The second-order valence-electron chi connectivity index (χ2n) is 5.14. The minimum absolute atomic E-state index is 0.208. The van der Waals surface area contributed by atoms with E-state index in [2.05, 4.69) is 0 Å². The van der Waals surface area contributed by atoms with Gasteiger partial charge < -0.3 is 9.31 Å². The topological polar surface area (TPSA) is 86.7 Å². The van der Waals surface area contributed by atoms with E-state index >= 15 is 0 Å². The first-order valence-electron chi connectivity index (χ1n) is 6.73. The van der Waals surface area contributed by atoms with Crippen molar-refractivity contribution in [2.75, 3.05) is 12.5 Å². The lowest BCUT2D eigenvalue weighted by Crippen LogP contribution is -2.13. The monoisotopic (exact) mass is 390 g/mol. The normalized spacial score (nSPS) is 11.8. The Morgan fingerprint density at radius 3 is 1.40 bits per heavy atom. The summed E-state index contributed by atoms with van der Waals surface area (Å²) in [6.07, 6.45) is 1.88. The zero-order chi connectivity index (χ0) is 18.8. The van der Waals surface area contributed by atoms with Crippen molar-refractivity contribution in [2.24, 2.45) is 0 Å². The molecule has 2 aromatic rings. The first kappa shape index (κ1) is 19.2. The Hall–Kier alpha value is -2.14. The highest BCUT2D eigenvalue weighted by Gasteiger charge is 2.14. The summed E-state index contributed by atoms with van der Waals surface area (Å²) >= 11 is 0. The largest absolute Gasteiger partial charge is 0.576 e. The quantitative estimate of drug-likeness (QED) is 0.695. The fourth-order valence-corrected chi connectivity index (χ4v) is 3.08. The number of halogens is 2. The number of benzene rings is 2. The van der Waals surface area contributed by atoms with Gasteiger partial charge in [-0.3, -0.25) is 0 Å². The van der Waals surface area contributed by atoms with E-state index in [0.717, 1.165) is 48.9 Å². The summed E-state index contributed by atoms with van der Waals surface area (Å²) in [4.78, 5) is -0.415. The Morgan fingerprint density at radius 2 is 1.12 bits per heavy atom. The van der Waals surface area contributed by atoms with Crippen molar-refractivity contribution in [1.82, 2.24) is 0 Å². The first-order chi connectivity index (χ1) is 11.5. The van der Waals surface area contributed by atoms with Crippen LogP contribution in [0, 0.1) is 11.6 Å². The molecule has 2 rings (SSSR count). The number of rotatable bonds is 6. The Bertz CT molecular complexity index is 924. The third kappa shape index (κ3) is 4.92. The van der Waals surface area contributed by atoms with E-state index in [1.807, 2.05) is 0 Å². The molecule has 11 heteroatoms. The molecule has 0 aliphatic heterocycles. The molecule has 134 valence electrons. The van der Waals surface area contributed by atoms with Gasteiger partial charge in [-0.15, -0.1) is 0 Å². The average molecular weight is 390 g/mol. The van der Waals surface area contributed by atoms with Gasteiger partial charge in [-0.05, 0) is 36.4 Å². The van der Waals surface area contributed by atoms with E-state index in [1.165, 1.54) is 0 Å². The van der Waals surface area contributed by atoms with Crippen molar-refractivity contribution in [3.63, 3.8) is 0 Å². The lowest BCUT2D eigenvalue weighted by atomic mass is 10.3. The summed E-state index contributed by atoms with van der Waals surface area (Å²) in [5.74, 6) is -2.39. The number of hydrogen-bond acceptors (Lipinski definition) is 6. The Balaban J connectivity index is 2.06. The van der Waals surface area contributed by atoms with Gasteiger partial charge in [0, 0.05) is 12.5 Å². The standard InChI is InChI=1S/C14H13BF2O6S2/c1-24(18,19)9-3-5-13(11(16)7-9)22-15-23-14-6-4-10(8-12(14)17)25(2,20)21/h3-8,15H,1-2H3. The van der Waals surface area contributed by atoms with Crippen molar-refractivity contribution in [1.29, 1.82) is 0 Å². The molecule has 0 unspecified atom stereocenters. The maximum Gasteiger partial charge on any atom is 0.576 e. The van der Waals surface area contributed by atoms with Crippen molar-refractivity contribution in [3.8, 4) is 11.5 Å². The summed E-state index contributed by atoms with van der Waals surface area (Å²) < 4.78 is 82.8. The summed E-state index contributed by atoms with van der Waals surface area (Å²) in [7, 11) is -7.67. The fraction of sp³-hybridized carbons (Fsp3) is 0.143. The first-order valence-corrected chi connectivity index (χ1v) is 10.5. The van der Waals surface area contributed by atoms with E-state index < -0.39 is 39.0 Å². The lowest BCUT2D eigenvalue weighted by molar-refractivity contribution is 0.420. The third-order valence-corrected chi connectivity index (χ3v) is 5.31. The zero-order valence-electron chi connectivity index (χ0n) is 13.2. The molecule has 0 fully saturated rings. The Labute approximate surface area is 144 Å². The van der Waals surface area contributed by atoms with Crippen LogP contribution in [0.1, 0.15) is 0 Å². The maximum absolute atomic E-state index is 13.8. The second kappa shape index (κ2) is 7.00. The number of sulfone groups is 2. The molecule has 0 aliphatic rings. The zero-order valence-corrected chi connectivity index (χ0v) is 14.8. The van der Waals surface area contributed by atoms with Crippen LogP contribution in [-0.4, -0.2) is 37.0 Å². The van der Waals surface area contributed by atoms with Crippen LogP contribution in [0.25, 0.3) is 0 Å². The predicted molar refractivity (Wildman–Crippen MR) is 87.4 cm³/mol. The maximum atomic E-state index is 13.8. The molecule has 0 aliphatic carbocycles. The molecular formula is C14H13BF2O6S2. The number of hydrogen-bond donors (Lipinski definition) is 0. The van der Waals surface area contributed by atoms with Crippen LogP contribution in [0.15, 0.2) is 46.2 Å². The van der Waals surface area contributed by atoms with Crippen molar-refractivity contribution in [3.05, 3.63) is 48.0 Å². The van der Waals surface area contributed by atoms with Crippen LogP contribution in [0.4, 0.5) is 8.78 Å². The lowest BCUT2D eigenvalue weighted by Gasteiger charge is -2.10. The summed E-state index contributed by atoms with van der Waals surface area (Å²) in [5.41, 5.74) is 0. The van der Waals surface area contributed by atoms with Gasteiger partial charge in [-0.1, -0.05) is 0 Å². The highest BCUT2D eigenvalue weighted by molar-refractivity contribution is 7.91. The molecule has 25 heavy (non-hydrogen) atoms. The Kier molecular flexibility index (Phi) is 5.38. The molecule has 0 spiro atoms. The van der Waals surface area contributed by atoms with Gasteiger partial charge >= 0.3 is 7.69 Å². The summed E-state index contributed by atoms with van der Waals surface area (Å²) in [6.45, 7) is 0. The van der Waals surface area contributed by atoms with Crippen molar-refractivity contribution < 1.29 is 34.9 Å². The summed E-state index contributed by atoms with van der Waals surface area (Å²) in [5, 5.41) is 0. The van der Waals surface area contributed by atoms with E-state index in [9.17, 15) is 25.6 Å². The van der Waals surface area contributed by atoms with Crippen molar-refractivity contribution >= 4 is 27.4 Å². The minimum Gasteiger partial charge on any atom is -0.526 e. The molecule has 2 aromatic carbocycles. The second-order valence-corrected chi connectivity index (χ2v) is 9.17. The van der Waals surface area contributed by atoms with Crippen LogP contribution >= 0.6 is 0 Å². The third-order valence-electron chi connectivity index (χ3n) is 3.09. The highest BCUT2D eigenvalue weighted by atomic mass is 32.2. The molecular weight excluding hydrogens is 377 g/mol. The van der Waals surface area contributed by atoms with Crippen molar-refractivity contribution in [2.45, 2.75) is 9.79 Å². The van der Waals surface area contributed by atoms with Crippen LogP contribution in [0.2, 0.25) is 0 Å². The van der Waals surface area contributed by atoms with E-state index in [0.29, 0.717) is 0 Å². The van der Waals surface area contributed by atoms with Crippen LogP contribution < -0.4 is 9.31 Å². The molecule has 0 radical (unpaired) electrons. The van der Waals surface area contributed by atoms with Crippen LogP contribution in [-0.2, 0) is 19.7 Å². The molecule has 0 saturated heterocycles. The van der Waals surface area contributed by atoms with Gasteiger partial charge in [-0.25, -0.2) is 25.6 Å². The minimum atomic E-state index is -3.55.